The zero-order valence-corrected chi connectivity index (χ0v) is 16.1. The highest BCUT2D eigenvalue weighted by Crippen LogP contribution is 2.21. The Kier molecular flexibility index (Phi) is 4.96. The second-order valence-electron chi connectivity index (χ2n) is 6.13. The quantitative estimate of drug-likeness (QED) is 0.678. The molecule has 1 N–H and O–H groups in total. The molecule has 0 aliphatic heterocycles. The first kappa shape index (κ1) is 17.7. The van der Waals surface area contributed by atoms with E-state index in [4.69, 9.17) is 11.6 Å². The normalized spacial score (nSPS) is 11.5. The van der Waals surface area contributed by atoms with Gasteiger partial charge in [-0.05, 0) is 41.4 Å². The topological polar surface area (TPSA) is 64.7 Å². The number of hydrogen-bond donors (Lipinski definition) is 1. The summed E-state index contributed by atoms with van der Waals surface area (Å²) in [5.74, 6) is -0.180. The van der Waals surface area contributed by atoms with Crippen molar-refractivity contribution >= 4 is 39.1 Å². The molecule has 0 radical (unpaired) electrons. The first-order valence-corrected chi connectivity index (χ1v) is 8.81. The molecule has 0 bridgehead atoms. The minimum absolute atomic E-state index is 0.180. The lowest BCUT2D eigenvalue weighted by atomic mass is 10.1. The molecule has 0 atom stereocenters. The smallest absolute Gasteiger partial charge is 0.251 e. The van der Waals surface area contributed by atoms with Crippen LogP contribution >= 0.6 is 27.5 Å². The highest BCUT2D eigenvalue weighted by molar-refractivity contribution is 9.10. The number of halogens is 2. The number of anilines is 1. The Morgan fingerprint density at radius 2 is 2.00 bits per heavy atom. The third-order valence-electron chi connectivity index (χ3n) is 3.86. The molecular formula is C17H17BrClN5O. The number of carbonyl (C=O) groups excluding carboxylic acids is 1. The van der Waals surface area contributed by atoms with Crippen LogP contribution in [0.4, 0.5) is 5.69 Å². The average Bonchev–Trinajstić information content (AvgIpc) is 3.19. The van der Waals surface area contributed by atoms with E-state index in [2.05, 4.69) is 31.4 Å². The molecule has 130 valence electrons. The average molecular weight is 423 g/mol. The number of nitrogens with zero attached hydrogens (tertiary/aromatic N) is 4. The molecule has 0 unspecified atom stereocenters. The molecule has 1 aromatic carbocycles. The van der Waals surface area contributed by atoms with E-state index < -0.39 is 5.54 Å². The SMILES string of the molecule is CC(C)(C(=O)Nc1cnn(Cc2ccccc2Cl)c1)n1cc(Br)cn1. The van der Waals surface area contributed by atoms with Gasteiger partial charge in [0.1, 0.15) is 5.54 Å². The zero-order chi connectivity index (χ0) is 18.0. The lowest BCUT2D eigenvalue weighted by Gasteiger charge is -2.23. The van der Waals surface area contributed by atoms with Gasteiger partial charge in [0.15, 0.2) is 0 Å². The number of carbonyl (C=O) groups is 1. The summed E-state index contributed by atoms with van der Waals surface area (Å²) >= 11 is 9.51. The maximum Gasteiger partial charge on any atom is 0.251 e. The van der Waals surface area contributed by atoms with Gasteiger partial charge in [-0.3, -0.25) is 14.2 Å². The predicted molar refractivity (Wildman–Crippen MR) is 101 cm³/mol. The lowest BCUT2D eigenvalue weighted by Crippen LogP contribution is -2.40. The molecule has 1 amide bonds. The van der Waals surface area contributed by atoms with Crippen molar-refractivity contribution in [1.29, 1.82) is 0 Å². The van der Waals surface area contributed by atoms with E-state index in [1.807, 2.05) is 24.3 Å². The van der Waals surface area contributed by atoms with Gasteiger partial charge in [-0.2, -0.15) is 10.2 Å². The van der Waals surface area contributed by atoms with Crippen molar-refractivity contribution in [2.75, 3.05) is 5.32 Å². The highest BCUT2D eigenvalue weighted by atomic mass is 79.9. The first-order valence-electron chi connectivity index (χ1n) is 7.64. The molecule has 2 aromatic heterocycles. The summed E-state index contributed by atoms with van der Waals surface area (Å²) in [6.45, 7) is 4.14. The number of amides is 1. The van der Waals surface area contributed by atoms with E-state index in [0.717, 1.165) is 10.0 Å². The van der Waals surface area contributed by atoms with Gasteiger partial charge in [0.05, 0.1) is 29.1 Å². The molecule has 6 nitrogen and oxygen atoms in total. The summed E-state index contributed by atoms with van der Waals surface area (Å²) in [6, 6.07) is 7.60. The van der Waals surface area contributed by atoms with E-state index in [9.17, 15) is 4.79 Å². The standard InChI is InChI=1S/C17H17BrClN5O/c1-17(2,24-10-13(18)7-21-24)16(25)22-14-8-20-23(11-14)9-12-5-3-4-6-15(12)19/h3-8,10-11H,9H2,1-2H3,(H,22,25). The molecule has 8 heteroatoms. The van der Waals surface area contributed by atoms with Crippen molar-refractivity contribution in [3.63, 3.8) is 0 Å². The van der Waals surface area contributed by atoms with Crippen molar-refractivity contribution in [3.05, 3.63) is 64.1 Å². The van der Waals surface area contributed by atoms with Crippen LogP contribution in [0.2, 0.25) is 5.02 Å². The van der Waals surface area contributed by atoms with E-state index >= 15 is 0 Å². The number of nitrogens with one attached hydrogen (secondary N) is 1. The molecule has 0 saturated heterocycles. The Bertz CT molecular complexity index is 902. The van der Waals surface area contributed by atoms with Gasteiger partial charge < -0.3 is 5.32 Å². The van der Waals surface area contributed by atoms with Crippen LogP contribution in [0.1, 0.15) is 19.4 Å². The third-order valence-corrected chi connectivity index (χ3v) is 4.64. The number of benzene rings is 1. The second kappa shape index (κ2) is 7.01. The Labute approximate surface area is 158 Å². The summed E-state index contributed by atoms with van der Waals surface area (Å²) in [4.78, 5) is 12.6. The molecular weight excluding hydrogens is 406 g/mol. The van der Waals surface area contributed by atoms with Gasteiger partial charge in [0, 0.05) is 17.4 Å². The second-order valence-corrected chi connectivity index (χ2v) is 7.46. The lowest BCUT2D eigenvalue weighted by molar-refractivity contribution is -0.123. The van der Waals surface area contributed by atoms with Crippen molar-refractivity contribution in [3.8, 4) is 0 Å². The van der Waals surface area contributed by atoms with Crippen LogP contribution in [0.25, 0.3) is 0 Å². The third kappa shape index (κ3) is 3.93. The van der Waals surface area contributed by atoms with Crippen molar-refractivity contribution in [1.82, 2.24) is 19.6 Å². The Balaban J connectivity index is 1.71. The molecule has 0 saturated carbocycles. The van der Waals surface area contributed by atoms with Crippen molar-refractivity contribution in [2.45, 2.75) is 25.9 Å². The maximum atomic E-state index is 12.6. The Hall–Kier alpha value is -2.12. The summed E-state index contributed by atoms with van der Waals surface area (Å²) in [7, 11) is 0. The number of aromatic nitrogens is 4. The van der Waals surface area contributed by atoms with E-state index in [0.29, 0.717) is 17.3 Å². The number of rotatable bonds is 5. The fourth-order valence-corrected chi connectivity index (χ4v) is 2.79. The minimum Gasteiger partial charge on any atom is -0.321 e. The van der Waals surface area contributed by atoms with Gasteiger partial charge in [-0.15, -0.1) is 0 Å². The van der Waals surface area contributed by atoms with Crippen LogP contribution in [-0.4, -0.2) is 25.5 Å². The monoisotopic (exact) mass is 421 g/mol. The summed E-state index contributed by atoms with van der Waals surface area (Å²) < 4.78 is 4.16. The van der Waals surface area contributed by atoms with Crippen LogP contribution in [0, 0.1) is 0 Å². The Morgan fingerprint density at radius 1 is 1.24 bits per heavy atom. The Morgan fingerprint density at radius 3 is 2.68 bits per heavy atom. The van der Waals surface area contributed by atoms with Gasteiger partial charge >= 0.3 is 0 Å². The number of hydrogen-bond acceptors (Lipinski definition) is 3. The molecule has 3 aromatic rings. The fraction of sp³-hybridized carbons (Fsp3) is 0.235. The fourth-order valence-electron chi connectivity index (χ4n) is 2.31. The molecule has 2 heterocycles. The van der Waals surface area contributed by atoms with Crippen LogP contribution in [0.3, 0.4) is 0 Å². The van der Waals surface area contributed by atoms with Crippen LogP contribution in [0.15, 0.2) is 53.5 Å². The van der Waals surface area contributed by atoms with Gasteiger partial charge in [0.25, 0.3) is 5.91 Å². The van der Waals surface area contributed by atoms with Crippen molar-refractivity contribution in [2.24, 2.45) is 0 Å². The van der Waals surface area contributed by atoms with Gasteiger partial charge in [-0.25, -0.2) is 0 Å². The molecule has 0 aliphatic carbocycles. The van der Waals surface area contributed by atoms with E-state index in [1.165, 1.54) is 0 Å². The molecule has 0 spiro atoms. The summed E-state index contributed by atoms with van der Waals surface area (Å²) in [5, 5.41) is 12.0. The van der Waals surface area contributed by atoms with Gasteiger partial charge in [-0.1, -0.05) is 29.8 Å². The zero-order valence-electron chi connectivity index (χ0n) is 13.8. The summed E-state index contributed by atoms with van der Waals surface area (Å²) in [5.41, 5.74) is 0.750. The highest BCUT2D eigenvalue weighted by Gasteiger charge is 2.31. The van der Waals surface area contributed by atoms with Crippen LogP contribution in [-0.2, 0) is 16.9 Å². The van der Waals surface area contributed by atoms with E-state index in [-0.39, 0.29) is 5.91 Å². The predicted octanol–water partition coefficient (Wildman–Crippen LogP) is 3.92. The molecule has 0 fully saturated rings. The molecule has 3 rings (SSSR count). The van der Waals surface area contributed by atoms with Crippen LogP contribution < -0.4 is 5.32 Å². The molecule has 25 heavy (non-hydrogen) atoms. The summed E-state index contributed by atoms with van der Waals surface area (Å²) in [6.07, 6.45) is 6.80. The van der Waals surface area contributed by atoms with Crippen LogP contribution in [0.5, 0.6) is 0 Å². The minimum atomic E-state index is -0.836. The van der Waals surface area contributed by atoms with E-state index in [1.54, 1.807) is 48.0 Å². The largest absolute Gasteiger partial charge is 0.321 e. The maximum absolute atomic E-state index is 12.6. The van der Waals surface area contributed by atoms with Crippen molar-refractivity contribution < 1.29 is 4.79 Å². The first-order chi connectivity index (χ1) is 11.9. The molecule has 0 aliphatic rings. The van der Waals surface area contributed by atoms with Gasteiger partial charge in [0.2, 0.25) is 0 Å².